The van der Waals surface area contributed by atoms with Crippen LogP contribution < -0.4 is 5.32 Å². The molecule has 0 aliphatic rings. The van der Waals surface area contributed by atoms with Crippen molar-refractivity contribution in [3.63, 3.8) is 0 Å². The minimum absolute atomic E-state index is 0.0318. The van der Waals surface area contributed by atoms with Crippen molar-refractivity contribution in [3.8, 4) is 0 Å². The Morgan fingerprint density at radius 2 is 2.06 bits per heavy atom. The highest BCUT2D eigenvalue weighted by molar-refractivity contribution is 6.18. The zero-order valence-corrected chi connectivity index (χ0v) is 11.5. The highest BCUT2D eigenvalue weighted by Crippen LogP contribution is 2.13. The summed E-state index contributed by atoms with van der Waals surface area (Å²) in [7, 11) is 0. The Bertz CT molecular complexity index is 386. The molecule has 3 heteroatoms. The van der Waals surface area contributed by atoms with Crippen molar-refractivity contribution >= 4 is 17.5 Å². The van der Waals surface area contributed by atoms with Gasteiger partial charge >= 0.3 is 0 Å². The fourth-order valence-corrected chi connectivity index (χ4v) is 1.83. The lowest BCUT2D eigenvalue weighted by atomic mass is 10.00. The Morgan fingerprint density at radius 3 is 2.59 bits per heavy atom. The van der Waals surface area contributed by atoms with Crippen LogP contribution in [0.1, 0.15) is 31.4 Å². The van der Waals surface area contributed by atoms with E-state index in [4.69, 9.17) is 11.6 Å². The van der Waals surface area contributed by atoms with Crippen molar-refractivity contribution in [2.45, 2.75) is 39.2 Å². The number of carbonyl (C=O) groups is 1. The first kappa shape index (κ1) is 14.0. The molecule has 17 heavy (non-hydrogen) atoms. The normalized spacial score (nSPS) is 14.1. The summed E-state index contributed by atoms with van der Waals surface area (Å²) < 4.78 is 0. The number of alkyl halides is 1. The molecule has 0 fully saturated rings. The Kier molecular flexibility index (Phi) is 5.01. The molecule has 0 aliphatic carbocycles. The lowest BCUT2D eigenvalue weighted by molar-refractivity contribution is -0.122. The van der Waals surface area contributed by atoms with Gasteiger partial charge in [-0.15, -0.1) is 11.6 Å². The van der Waals surface area contributed by atoms with Gasteiger partial charge in [0.05, 0.1) is 12.0 Å². The summed E-state index contributed by atoms with van der Waals surface area (Å²) in [5.41, 5.74) is 1.91. The predicted octanol–water partition coefficient (Wildman–Crippen LogP) is 3.06. The maximum atomic E-state index is 11.9. The van der Waals surface area contributed by atoms with Gasteiger partial charge in [-0.3, -0.25) is 4.79 Å². The standard InChI is InChI=1S/C14H20ClNO/c1-4-14(3,10-15)16-13(17)9-12-8-6-5-7-11(12)2/h5-8H,4,9-10H2,1-3H3,(H,16,17). The Morgan fingerprint density at radius 1 is 1.41 bits per heavy atom. The van der Waals surface area contributed by atoms with Gasteiger partial charge in [0.15, 0.2) is 0 Å². The summed E-state index contributed by atoms with van der Waals surface area (Å²) in [6.45, 7) is 6.01. The third kappa shape index (κ3) is 4.04. The number of benzene rings is 1. The van der Waals surface area contributed by atoms with Gasteiger partial charge in [0.25, 0.3) is 0 Å². The van der Waals surface area contributed by atoms with E-state index in [0.717, 1.165) is 17.5 Å². The molecule has 1 N–H and O–H groups in total. The van der Waals surface area contributed by atoms with Gasteiger partial charge < -0.3 is 5.32 Å². The van der Waals surface area contributed by atoms with Gasteiger partial charge in [-0.25, -0.2) is 0 Å². The van der Waals surface area contributed by atoms with Crippen LogP contribution in [0.5, 0.6) is 0 Å². The van der Waals surface area contributed by atoms with Crippen molar-refractivity contribution < 1.29 is 4.79 Å². The summed E-state index contributed by atoms with van der Waals surface area (Å²) in [5, 5.41) is 3.00. The summed E-state index contributed by atoms with van der Waals surface area (Å²) in [4.78, 5) is 11.9. The van der Waals surface area contributed by atoms with Gasteiger partial charge in [0, 0.05) is 5.88 Å². The van der Waals surface area contributed by atoms with Crippen molar-refractivity contribution in [2.75, 3.05) is 5.88 Å². The van der Waals surface area contributed by atoms with Crippen molar-refractivity contribution in [1.29, 1.82) is 0 Å². The summed E-state index contributed by atoms with van der Waals surface area (Å²) >= 11 is 5.87. The van der Waals surface area contributed by atoms with Gasteiger partial charge in [-0.1, -0.05) is 31.2 Å². The van der Waals surface area contributed by atoms with E-state index < -0.39 is 0 Å². The second-order valence-corrected chi connectivity index (χ2v) is 4.97. The maximum Gasteiger partial charge on any atom is 0.224 e. The molecule has 0 saturated heterocycles. The van der Waals surface area contributed by atoms with Crippen LogP contribution in [-0.4, -0.2) is 17.3 Å². The number of halogens is 1. The van der Waals surface area contributed by atoms with E-state index in [2.05, 4.69) is 5.32 Å². The van der Waals surface area contributed by atoms with E-state index in [1.165, 1.54) is 0 Å². The molecular weight excluding hydrogens is 234 g/mol. The number of aryl methyl sites for hydroxylation is 1. The van der Waals surface area contributed by atoms with Crippen LogP contribution in [-0.2, 0) is 11.2 Å². The molecule has 1 rings (SSSR count). The van der Waals surface area contributed by atoms with Crippen LogP contribution in [0.25, 0.3) is 0 Å². The molecule has 0 aliphatic heterocycles. The third-order valence-electron chi connectivity index (χ3n) is 3.13. The highest BCUT2D eigenvalue weighted by atomic mass is 35.5. The SMILES string of the molecule is CCC(C)(CCl)NC(=O)Cc1ccccc1C. The van der Waals surface area contributed by atoms with Crippen LogP contribution in [0.15, 0.2) is 24.3 Å². The van der Waals surface area contributed by atoms with Crippen LogP contribution in [0.3, 0.4) is 0 Å². The number of hydrogen-bond acceptors (Lipinski definition) is 1. The van der Waals surface area contributed by atoms with E-state index in [1.54, 1.807) is 0 Å². The summed E-state index contributed by atoms with van der Waals surface area (Å²) in [5.74, 6) is 0.465. The first-order valence-electron chi connectivity index (χ1n) is 5.92. The molecule has 0 radical (unpaired) electrons. The predicted molar refractivity (Wildman–Crippen MR) is 72.4 cm³/mol. The van der Waals surface area contributed by atoms with E-state index in [1.807, 2.05) is 45.0 Å². The zero-order chi connectivity index (χ0) is 12.9. The minimum atomic E-state index is -0.304. The maximum absolute atomic E-state index is 11.9. The molecule has 1 aromatic rings. The quantitative estimate of drug-likeness (QED) is 0.803. The van der Waals surface area contributed by atoms with E-state index in [0.29, 0.717) is 12.3 Å². The van der Waals surface area contributed by atoms with E-state index >= 15 is 0 Å². The first-order valence-corrected chi connectivity index (χ1v) is 6.45. The second kappa shape index (κ2) is 6.06. The van der Waals surface area contributed by atoms with Gasteiger partial charge in [-0.05, 0) is 31.4 Å². The minimum Gasteiger partial charge on any atom is -0.349 e. The topological polar surface area (TPSA) is 29.1 Å². The fourth-order valence-electron chi connectivity index (χ4n) is 1.58. The molecule has 0 spiro atoms. The van der Waals surface area contributed by atoms with E-state index in [-0.39, 0.29) is 11.4 Å². The number of amides is 1. The Labute approximate surface area is 108 Å². The van der Waals surface area contributed by atoms with Gasteiger partial charge in [-0.2, -0.15) is 0 Å². The number of nitrogens with one attached hydrogen (secondary N) is 1. The Hall–Kier alpha value is -1.02. The number of carbonyl (C=O) groups excluding carboxylic acids is 1. The van der Waals surface area contributed by atoms with Crippen LogP contribution in [0, 0.1) is 6.92 Å². The van der Waals surface area contributed by atoms with Crippen molar-refractivity contribution in [1.82, 2.24) is 5.32 Å². The molecule has 0 saturated carbocycles. The largest absolute Gasteiger partial charge is 0.349 e. The third-order valence-corrected chi connectivity index (χ3v) is 3.72. The van der Waals surface area contributed by atoms with Crippen LogP contribution in [0.2, 0.25) is 0 Å². The summed E-state index contributed by atoms with van der Waals surface area (Å²) in [6.07, 6.45) is 1.25. The average molecular weight is 254 g/mol. The molecule has 1 aromatic carbocycles. The van der Waals surface area contributed by atoms with Gasteiger partial charge in [0.2, 0.25) is 5.91 Å². The summed E-state index contributed by atoms with van der Waals surface area (Å²) in [6, 6.07) is 7.93. The molecule has 0 heterocycles. The molecule has 1 unspecified atom stereocenters. The second-order valence-electron chi connectivity index (χ2n) is 4.70. The molecule has 0 bridgehead atoms. The zero-order valence-electron chi connectivity index (χ0n) is 10.7. The molecular formula is C14H20ClNO. The lowest BCUT2D eigenvalue weighted by Crippen LogP contribution is -2.47. The molecule has 1 amide bonds. The first-order chi connectivity index (χ1) is 8.00. The van der Waals surface area contributed by atoms with Crippen molar-refractivity contribution in [2.24, 2.45) is 0 Å². The van der Waals surface area contributed by atoms with E-state index in [9.17, 15) is 4.79 Å². The molecule has 0 aromatic heterocycles. The monoisotopic (exact) mass is 253 g/mol. The molecule has 1 atom stereocenters. The van der Waals surface area contributed by atoms with Gasteiger partial charge in [0.1, 0.15) is 0 Å². The Balaban J connectivity index is 2.65. The highest BCUT2D eigenvalue weighted by Gasteiger charge is 2.23. The number of rotatable bonds is 5. The fraction of sp³-hybridized carbons (Fsp3) is 0.500. The molecule has 2 nitrogen and oxygen atoms in total. The lowest BCUT2D eigenvalue weighted by Gasteiger charge is -2.27. The smallest absolute Gasteiger partial charge is 0.224 e. The molecule has 94 valence electrons. The van der Waals surface area contributed by atoms with Crippen LogP contribution >= 0.6 is 11.6 Å². The van der Waals surface area contributed by atoms with Crippen LogP contribution in [0.4, 0.5) is 0 Å². The average Bonchev–Trinajstić information content (AvgIpc) is 2.32. The number of hydrogen-bond donors (Lipinski definition) is 1. The van der Waals surface area contributed by atoms with Crippen molar-refractivity contribution in [3.05, 3.63) is 35.4 Å².